The molecule has 0 aliphatic carbocycles. The number of rotatable bonds is 3. The first kappa shape index (κ1) is 18.2. The standard InChI is InChI=1S/C12H16BrClN2O2S.ClH/c1-8-12(3-2-6-15-8)16-19(17,18)9-4-5-10(13)11(14)7-9;/h4-5,7-8,12,15-16H,2-3,6H2,1H3;1H. The molecule has 1 aromatic rings. The lowest BCUT2D eigenvalue weighted by atomic mass is 10.0. The summed E-state index contributed by atoms with van der Waals surface area (Å²) in [6.45, 7) is 2.92. The van der Waals surface area contributed by atoms with E-state index in [0.717, 1.165) is 19.4 Å². The van der Waals surface area contributed by atoms with E-state index in [-0.39, 0.29) is 29.4 Å². The molecule has 0 saturated carbocycles. The van der Waals surface area contributed by atoms with E-state index < -0.39 is 10.0 Å². The highest BCUT2D eigenvalue weighted by atomic mass is 79.9. The van der Waals surface area contributed by atoms with Crippen molar-refractivity contribution in [1.29, 1.82) is 0 Å². The molecule has 2 unspecified atom stereocenters. The fraction of sp³-hybridized carbons (Fsp3) is 0.500. The number of sulfonamides is 1. The smallest absolute Gasteiger partial charge is 0.240 e. The molecule has 0 spiro atoms. The summed E-state index contributed by atoms with van der Waals surface area (Å²) in [6.07, 6.45) is 1.82. The lowest BCUT2D eigenvalue weighted by molar-refractivity contribution is 0.349. The molecular formula is C12H17BrCl2N2O2S. The third kappa shape index (κ3) is 4.32. The van der Waals surface area contributed by atoms with Crippen LogP contribution in [0.5, 0.6) is 0 Å². The van der Waals surface area contributed by atoms with E-state index >= 15 is 0 Å². The fourth-order valence-corrected chi connectivity index (χ4v) is 3.98. The number of piperidine rings is 1. The third-order valence-corrected chi connectivity index (χ3v) is 5.99. The summed E-state index contributed by atoms with van der Waals surface area (Å²) in [5, 5.41) is 3.65. The Hall–Kier alpha value is 0.150. The largest absolute Gasteiger partial charge is 0.313 e. The Kier molecular flexibility index (Phi) is 6.76. The van der Waals surface area contributed by atoms with Gasteiger partial charge in [-0.15, -0.1) is 12.4 Å². The van der Waals surface area contributed by atoms with Gasteiger partial charge in [0.25, 0.3) is 0 Å². The molecule has 0 radical (unpaired) electrons. The topological polar surface area (TPSA) is 58.2 Å². The van der Waals surface area contributed by atoms with Crippen molar-refractivity contribution in [2.45, 2.75) is 36.7 Å². The minimum atomic E-state index is -3.53. The van der Waals surface area contributed by atoms with E-state index in [1.54, 1.807) is 12.1 Å². The molecule has 1 heterocycles. The Morgan fingerprint density at radius 3 is 2.75 bits per heavy atom. The summed E-state index contributed by atoms with van der Waals surface area (Å²) in [7, 11) is -3.53. The van der Waals surface area contributed by atoms with Crippen molar-refractivity contribution in [3.05, 3.63) is 27.7 Å². The van der Waals surface area contributed by atoms with Crippen molar-refractivity contribution in [3.63, 3.8) is 0 Å². The first-order valence-electron chi connectivity index (χ1n) is 6.11. The zero-order chi connectivity index (χ0) is 14.0. The number of halogens is 3. The van der Waals surface area contributed by atoms with Gasteiger partial charge in [0.05, 0.1) is 9.92 Å². The Balaban J connectivity index is 0.00000200. The van der Waals surface area contributed by atoms with E-state index in [1.807, 2.05) is 6.92 Å². The Bertz CT molecular complexity index is 569. The highest BCUT2D eigenvalue weighted by Crippen LogP contribution is 2.25. The highest BCUT2D eigenvalue weighted by Gasteiger charge is 2.26. The zero-order valence-corrected chi connectivity index (χ0v) is 14.9. The van der Waals surface area contributed by atoms with E-state index in [4.69, 9.17) is 11.6 Å². The van der Waals surface area contributed by atoms with Crippen LogP contribution in [0, 0.1) is 0 Å². The second kappa shape index (κ2) is 7.42. The summed E-state index contributed by atoms with van der Waals surface area (Å²) < 4.78 is 28.0. The van der Waals surface area contributed by atoms with Gasteiger partial charge in [0.2, 0.25) is 10.0 Å². The molecule has 4 nitrogen and oxygen atoms in total. The maximum Gasteiger partial charge on any atom is 0.240 e. The lowest BCUT2D eigenvalue weighted by Gasteiger charge is -2.30. The van der Waals surface area contributed by atoms with E-state index in [9.17, 15) is 8.42 Å². The van der Waals surface area contributed by atoms with Crippen LogP contribution in [0.3, 0.4) is 0 Å². The maximum atomic E-state index is 12.3. The van der Waals surface area contributed by atoms with Crippen LogP contribution in [0.2, 0.25) is 5.02 Å². The molecular weight excluding hydrogens is 387 g/mol. The van der Waals surface area contributed by atoms with Crippen LogP contribution in [-0.2, 0) is 10.0 Å². The minimum Gasteiger partial charge on any atom is -0.313 e. The van der Waals surface area contributed by atoms with Crippen molar-refractivity contribution in [2.24, 2.45) is 0 Å². The number of hydrogen-bond donors (Lipinski definition) is 2. The SMILES string of the molecule is CC1NCCCC1NS(=O)(=O)c1ccc(Br)c(Cl)c1.Cl. The molecule has 1 aliphatic rings. The summed E-state index contributed by atoms with van der Waals surface area (Å²) in [4.78, 5) is 0.193. The summed E-state index contributed by atoms with van der Waals surface area (Å²) >= 11 is 9.19. The van der Waals surface area contributed by atoms with Crippen LogP contribution >= 0.6 is 39.9 Å². The van der Waals surface area contributed by atoms with Gasteiger partial charge < -0.3 is 5.32 Å². The fourth-order valence-electron chi connectivity index (χ4n) is 2.12. The van der Waals surface area contributed by atoms with E-state index in [1.165, 1.54) is 6.07 Å². The average molecular weight is 404 g/mol. The van der Waals surface area contributed by atoms with Crippen molar-refractivity contribution < 1.29 is 8.42 Å². The van der Waals surface area contributed by atoms with Crippen LogP contribution in [-0.4, -0.2) is 27.0 Å². The quantitative estimate of drug-likeness (QED) is 0.815. The molecule has 2 rings (SSSR count). The van der Waals surface area contributed by atoms with E-state index in [0.29, 0.717) is 9.50 Å². The Labute approximate surface area is 139 Å². The van der Waals surface area contributed by atoms with Crippen LogP contribution in [0.25, 0.3) is 0 Å². The molecule has 0 bridgehead atoms. The molecule has 114 valence electrons. The number of hydrogen-bond acceptors (Lipinski definition) is 3. The normalized spacial score (nSPS) is 23.1. The lowest BCUT2D eigenvalue weighted by Crippen LogP contribution is -2.51. The average Bonchev–Trinajstić information content (AvgIpc) is 2.35. The minimum absolute atomic E-state index is 0. The van der Waals surface area contributed by atoms with Crippen molar-refractivity contribution in [1.82, 2.24) is 10.0 Å². The Morgan fingerprint density at radius 1 is 1.45 bits per heavy atom. The molecule has 1 fully saturated rings. The predicted octanol–water partition coefficient (Wildman–Crippen LogP) is 2.94. The predicted molar refractivity (Wildman–Crippen MR) is 87.2 cm³/mol. The molecule has 2 atom stereocenters. The van der Waals surface area contributed by atoms with Crippen LogP contribution in [0.15, 0.2) is 27.6 Å². The molecule has 1 saturated heterocycles. The van der Waals surface area contributed by atoms with Gasteiger partial charge in [-0.1, -0.05) is 11.6 Å². The molecule has 2 N–H and O–H groups in total. The van der Waals surface area contributed by atoms with Gasteiger partial charge >= 0.3 is 0 Å². The van der Waals surface area contributed by atoms with Gasteiger partial charge in [-0.05, 0) is 60.4 Å². The van der Waals surface area contributed by atoms with Crippen LogP contribution in [0.4, 0.5) is 0 Å². The second-order valence-electron chi connectivity index (χ2n) is 4.69. The number of nitrogens with one attached hydrogen (secondary N) is 2. The molecule has 20 heavy (non-hydrogen) atoms. The summed E-state index contributed by atoms with van der Waals surface area (Å²) in [5.74, 6) is 0. The Morgan fingerprint density at radius 2 is 2.15 bits per heavy atom. The molecule has 1 aromatic carbocycles. The van der Waals surface area contributed by atoms with Crippen molar-refractivity contribution in [3.8, 4) is 0 Å². The van der Waals surface area contributed by atoms with Gasteiger partial charge in [-0.2, -0.15) is 0 Å². The number of benzene rings is 1. The molecule has 0 aromatic heterocycles. The van der Waals surface area contributed by atoms with Gasteiger partial charge in [0.1, 0.15) is 0 Å². The molecule has 8 heteroatoms. The zero-order valence-electron chi connectivity index (χ0n) is 10.9. The second-order valence-corrected chi connectivity index (χ2v) is 7.66. The van der Waals surface area contributed by atoms with Crippen molar-refractivity contribution >= 4 is 50.0 Å². The first-order valence-corrected chi connectivity index (χ1v) is 8.76. The first-order chi connectivity index (χ1) is 8.90. The van der Waals surface area contributed by atoms with Gasteiger partial charge in [0, 0.05) is 16.6 Å². The van der Waals surface area contributed by atoms with Gasteiger partial charge in [-0.3, -0.25) is 0 Å². The molecule has 0 amide bonds. The van der Waals surface area contributed by atoms with Crippen LogP contribution < -0.4 is 10.0 Å². The maximum absolute atomic E-state index is 12.3. The van der Waals surface area contributed by atoms with Gasteiger partial charge in [-0.25, -0.2) is 13.1 Å². The van der Waals surface area contributed by atoms with E-state index in [2.05, 4.69) is 26.0 Å². The monoisotopic (exact) mass is 402 g/mol. The van der Waals surface area contributed by atoms with Crippen LogP contribution in [0.1, 0.15) is 19.8 Å². The highest BCUT2D eigenvalue weighted by molar-refractivity contribution is 9.10. The summed E-state index contributed by atoms with van der Waals surface area (Å²) in [6, 6.07) is 4.68. The van der Waals surface area contributed by atoms with Gasteiger partial charge in [0.15, 0.2) is 0 Å². The van der Waals surface area contributed by atoms with Crippen molar-refractivity contribution in [2.75, 3.05) is 6.54 Å². The third-order valence-electron chi connectivity index (χ3n) is 3.27. The molecule has 1 aliphatic heterocycles. The summed E-state index contributed by atoms with van der Waals surface area (Å²) in [5.41, 5.74) is 0.